The second-order valence-corrected chi connectivity index (χ2v) is 12.5. The maximum Gasteiger partial charge on any atom is 0.408 e. The van der Waals surface area contributed by atoms with Gasteiger partial charge in [-0.1, -0.05) is 23.7 Å². The van der Waals surface area contributed by atoms with Crippen molar-refractivity contribution in [2.24, 2.45) is 0 Å². The van der Waals surface area contributed by atoms with Crippen molar-refractivity contribution in [3.63, 3.8) is 0 Å². The standard InChI is InChI=1S/C31H32ClN7O3/c1-16-22(36-30(41)42-31(2,3)4)15-38(16)29-33-13-18(14-34-29)17-9-10-21-23(11-17)39-24-12-25(27(39)35-21)37(5)28(40)19-7-6-8-20(32)26(19)24/h6-11,13-14,16,22,24-25H,12,15H2,1-5H3,(H,36,41)/t16-,22+,24+,25+/m0/s1/i5D3. The molecule has 216 valence electrons. The van der Waals surface area contributed by atoms with Gasteiger partial charge in [0.25, 0.3) is 5.91 Å². The zero-order chi connectivity index (χ0) is 32.0. The fourth-order valence-electron chi connectivity index (χ4n) is 6.19. The Hall–Kier alpha value is -4.18. The predicted molar refractivity (Wildman–Crippen MR) is 160 cm³/mol. The van der Waals surface area contributed by atoms with Crippen LogP contribution in [0, 0.1) is 0 Å². The van der Waals surface area contributed by atoms with Crippen molar-refractivity contribution in [2.45, 2.75) is 63.9 Å². The predicted octanol–water partition coefficient (Wildman–Crippen LogP) is 5.37. The molecule has 0 aliphatic carbocycles. The van der Waals surface area contributed by atoms with E-state index in [9.17, 15) is 9.59 Å². The Morgan fingerprint density at radius 3 is 2.64 bits per heavy atom. The van der Waals surface area contributed by atoms with Gasteiger partial charge in [-0.3, -0.25) is 4.79 Å². The second-order valence-electron chi connectivity index (χ2n) is 12.1. The van der Waals surface area contributed by atoms with E-state index in [0.29, 0.717) is 46.4 Å². The van der Waals surface area contributed by atoms with Gasteiger partial charge in [-0.15, -0.1) is 0 Å². The van der Waals surface area contributed by atoms with Crippen LogP contribution in [0.2, 0.25) is 5.02 Å². The van der Waals surface area contributed by atoms with E-state index in [4.69, 9.17) is 25.4 Å². The minimum atomic E-state index is -2.66. The van der Waals surface area contributed by atoms with E-state index < -0.39 is 30.6 Å². The SMILES string of the molecule is [2H]C([2H])([2H])N1C(=O)c2cccc(Cl)c2[C@H]2C[C@@H]1c1nc3ccc(-c4cnc(N5C[C@@H](NC(=O)OC(C)(C)C)[C@@H]5C)nc4)cc3n12. The van der Waals surface area contributed by atoms with E-state index in [1.807, 2.05) is 55.4 Å². The molecule has 2 aromatic carbocycles. The van der Waals surface area contributed by atoms with Gasteiger partial charge in [0.15, 0.2) is 0 Å². The molecule has 10 nitrogen and oxygen atoms in total. The minimum Gasteiger partial charge on any atom is -0.444 e. The first-order valence-electron chi connectivity index (χ1n) is 15.4. The van der Waals surface area contributed by atoms with Crippen molar-refractivity contribution in [3.05, 3.63) is 70.8 Å². The molecule has 1 N–H and O–H groups in total. The van der Waals surface area contributed by atoms with E-state index in [-0.39, 0.29) is 18.1 Å². The Kier molecular flexibility index (Phi) is 5.25. The van der Waals surface area contributed by atoms with Crippen LogP contribution in [0.15, 0.2) is 48.8 Å². The van der Waals surface area contributed by atoms with Crippen LogP contribution in [0.4, 0.5) is 10.7 Å². The summed E-state index contributed by atoms with van der Waals surface area (Å²) in [6.07, 6.45) is 3.44. The fourth-order valence-corrected chi connectivity index (χ4v) is 6.50. The van der Waals surface area contributed by atoms with Crippen molar-refractivity contribution < 1.29 is 18.4 Å². The molecule has 0 saturated carbocycles. The van der Waals surface area contributed by atoms with Crippen LogP contribution in [0.1, 0.15) is 72.1 Å². The summed E-state index contributed by atoms with van der Waals surface area (Å²) in [5.74, 6) is 0.514. The number of benzene rings is 2. The molecule has 0 spiro atoms. The number of alkyl carbamates (subject to hydrolysis) is 1. The van der Waals surface area contributed by atoms with Gasteiger partial charge < -0.3 is 24.4 Å². The first-order valence-corrected chi connectivity index (χ1v) is 14.3. The number of anilines is 1. The summed E-state index contributed by atoms with van der Waals surface area (Å²) in [6.45, 7) is 5.39. The van der Waals surface area contributed by atoms with Crippen LogP contribution in [-0.4, -0.2) is 67.6 Å². The lowest BCUT2D eigenvalue weighted by Crippen LogP contribution is -2.66. The van der Waals surface area contributed by atoms with Crippen LogP contribution in [-0.2, 0) is 4.74 Å². The van der Waals surface area contributed by atoms with Gasteiger partial charge in [0.1, 0.15) is 11.4 Å². The Morgan fingerprint density at radius 1 is 1.14 bits per heavy atom. The Bertz CT molecular complexity index is 1850. The first-order chi connectivity index (χ1) is 21.2. The monoisotopic (exact) mass is 588 g/mol. The van der Waals surface area contributed by atoms with Gasteiger partial charge in [0.05, 0.1) is 35.2 Å². The molecule has 3 aliphatic rings. The van der Waals surface area contributed by atoms with Crippen molar-refractivity contribution in [2.75, 3.05) is 18.4 Å². The number of halogens is 1. The van der Waals surface area contributed by atoms with Crippen LogP contribution in [0.25, 0.3) is 22.2 Å². The van der Waals surface area contributed by atoms with Gasteiger partial charge in [-0.25, -0.2) is 19.7 Å². The van der Waals surface area contributed by atoms with Crippen molar-refractivity contribution >= 4 is 40.6 Å². The highest BCUT2D eigenvalue weighted by molar-refractivity contribution is 6.32. The van der Waals surface area contributed by atoms with E-state index in [1.165, 1.54) is 0 Å². The highest BCUT2D eigenvalue weighted by Crippen LogP contribution is 2.49. The summed E-state index contributed by atoms with van der Waals surface area (Å²) in [7, 11) is 0. The third-order valence-electron chi connectivity index (χ3n) is 8.32. The molecule has 2 amide bonds. The molecule has 3 aliphatic heterocycles. The van der Waals surface area contributed by atoms with E-state index in [1.54, 1.807) is 30.6 Å². The number of rotatable bonds is 3. The number of carbonyl (C=O) groups excluding carboxylic acids is 2. The molecular weight excluding hydrogens is 554 g/mol. The highest BCUT2D eigenvalue weighted by atomic mass is 35.5. The fraction of sp³-hybridized carbons (Fsp3) is 0.387. The van der Waals surface area contributed by atoms with Gasteiger partial charge in [-0.2, -0.15) is 0 Å². The van der Waals surface area contributed by atoms with Gasteiger partial charge >= 0.3 is 6.09 Å². The topological polar surface area (TPSA) is 105 Å². The lowest BCUT2D eigenvalue weighted by Gasteiger charge is -2.46. The number of aromatic nitrogens is 4. The lowest BCUT2D eigenvalue weighted by atomic mass is 9.98. The smallest absolute Gasteiger partial charge is 0.408 e. The van der Waals surface area contributed by atoms with E-state index in [0.717, 1.165) is 21.5 Å². The molecule has 2 bridgehead atoms. The van der Waals surface area contributed by atoms with Crippen molar-refractivity contribution in [1.29, 1.82) is 0 Å². The highest BCUT2D eigenvalue weighted by Gasteiger charge is 2.44. The molecule has 7 rings (SSSR count). The zero-order valence-electron chi connectivity index (χ0n) is 26.6. The second kappa shape index (κ2) is 9.42. The summed E-state index contributed by atoms with van der Waals surface area (Å²) >= 11 is 6.68. The lowest BCUT2D eigenvalue weighted by molar-refractivity contribution is 0.0481. The van der Waals surface area contributed by atoms with E-state index in [2.05, 4.69) is 15.3 Å². The molecule has 5 heterocycles. The van der Waals surface area contributed by atoms with Crippen LogP contribution >= 0.6 is 11.6 Å². The molecule has 4 atom stereocenters. The molecular formula is C31H32ClN7O3. The molecule has 0 radical (unpaired) electrons. The largest absolute Gasteiger partial charge is 0.444 e. The summed E-state index contributed by atoms with van der Waals surface area (Å²) in [5, 5.41) is 3.32. The normalized spacial score (nSPS) is 24.2. The van der Waals surface area contributed by atoms with Crippen LogP contribution < -0.4 is 10.2 Å². The molecule has 11 heteroatoms. The van der Waals surface area contributed by atoms with Crippen LogP contribution in [0.5, 0.6) is 0 Å². The molecule has 1 saturated heterocycles. The average molecular weight is 589 g/mol. The molecule has 42 heavy (non-hydrogen) atoms. The van der Waals surface area contributed by atoms with Crippen molar-refractivity contribution in [3.8, 4) is 11.1 Å². The van der Waals surface area contributed by atoms with Crippen molar-refractivity contribution in [1.82, 2.24) is 29.7 Å². The minimum absolute atomic E-state index is 0.00594. The number of hydrogen-bond donors (Lipinski definition) is 1. The number of hydrogen-bond acceptors (Lipinski definition) is 7. The van der Waals surface area contributed by atoms with Crippen LogP contribution in [0.3, 0.4) is 0 Å². The number of amides is 2. The third-order valence-corrected chi connectivity index (χ3v) is 8.65. The van der Waals surface area contributed by atoms with Gasteiger partial charge in [0.2, 0.25) is 5.95 Å². The summed E-state index contributed by atoms with van der Waals surface area (Å²) in [4.78, 5) is 42.8. The first kappa shape index (κ1) is 23.4. The molecule has 4 aromatic rings. The number of imidazole rings is 1. The summed E-state index contributed by atoms with van der Waals surface area (Å²) in [5.41, 5.74) is 3.49. The maximum atomic E-state index is 13.6. The number of ether oxygens (including phenoxy) is 1. The Morgan fingerprint density at radius 2 is 1.93 bits per heavy atom. The molecule has 1 fully saturated rings. The van der Waals surface area contributed by atoms with Gasteiger partial charge in [-0.05, 0) is 57.5 Å². The molecule has 2 aromatic heterocycles. The Labute approximate surface area is 252 Å². The quantitative estimate of drug-likeness (QED) is 0.343. The zero-order valence-corrected chi connectivity index (χ0v) is 24.4. The average Bonchev–Trinajstić information content (AvgIpc) is 3.46. The number of carbonyl (C=O) groups is 2. The summed E-state index contributed by atoms with van der Waals surface area (Å²) < 4.78 is 32.0. The third kappa shape index (κ3) is 4.19. The van der Waals surface area contributed by atoms with Gasteiger partial charge in [0, 0.05) is 58.2 Å². The number of nitrogens with one attached hydrogen (secondary N) is 1. The van der Waals surface area contributed by atoms with E-state index >= 15 is 0 Å². The number of fused-ring (bicyclic) bond motifs is 9. The summed E-state index contributed by atoms with van der Waals surface area (Å²) in [6, 6.07) is 9.66. The molecule has 0 unspecified atom stereocenters. The number of nitrogens with zero attached hydrogens (tertiary/aromatic N) is 6. The maximum absolute atomic E-state index is 13.6. The Balaban J connectivity index is 1.19.